The number of fused-ring (bicyclic) bond motifs is 1. The number of methoxy groups -OCH3 is 1. The largest absolute Gasteiger partial charge is 0.469 e. The van der Waals surface area contributed by atoms with Crippen molar-refractivity contribution in [3.63, 3.8) is 0 Å². The van der Waals surface area contributed by atoms with Crippen molar-refractivity contribution in [3.8, 4) is 0 Å². The summed E-state index contributed by atoms with van der Waals surface area (Å²) in [7, 11) is 1.46. The third kappa shape index (κ3) is 0.814. The summed E-state index contributed by atoms with van der Waals surface area (Å²) in [4.78, 5) is 13.2. The van der Waals surface area contributed by atoms with Crippen molar-refractivity contribution in [3.05, 3.63) is 0 Å². The van der Waals surface area contributed by atoms with Crippen LogP contribution in [0.1, 0.15) is 6.42 Å². The molecule has 0 aromatic carbocycles. The van der Waals surface area contributed by atoms with Crippen LogP contribution >= 0.6 is 0 Å². The summed E-state index contributed by atoms with van der Waals surface area (Å²) in [6.45, 7) is 2.13. The maximum absolute atomic E-state index is 10.9. The van der Waals surface area contributed by atoms with Crippen LogP contribution in [0.15, 0.2) is 0 Å². The van der Waals surface area contributed by atoms with Gasteiger partial charge in [0.15, 0.2) is 0 Å². The van der Waals surface area contributed by atoms with Crippen molar-refractivity contribution in [1.29, 1.82) is 0 Å². The van der Waals surface area contributed by atoms with Crippen LogP contribution in [0, 0.1) is 5.92 Å². The first-order valence-electron chi connectivity index (χ1n) is 3.63. The molecule has 0 aromatic rings. The van der Waals surface area contributed by atoms with Gasteiger partial charge in [0.1, 0.15) is 0 Å². The van der Waals surface area contributed by atoms with Gasteiger partial charge in [-0.15, -0.1) is 0 Å². The summed E-state index contributed by atoms with van der Waals surface area (Å²) in [5.41, 5.74) is 0. The van der Waals surface area contributed by atoms with E-state index in [2.05, 4.69) is 9.64 Å². The van der Waals surface area contributed by atoms with Gasteiger partial charge in [-0.1, -0.05) is 0 Å². The van der Waals surface area contributed by atoms with Crippen molar-refractivity contribution in [2.24, 2.45) is 5.92 Å². The van der Waals surface area contributed by atoms with Gasteiger partial charge in [-0.05, 0) is 6.42 Å². The van der Waals surface area contributed by atoms with Gasteiger partial charge in [0.05, 0.1) is 13.0 Å². The van der Waals surface area contributed by atoms with Crippen molar-refractivity contribution in [2.75, 3.05) is 20.2 Å². The van der Waals surface area contributed by atoms with E-state index >= 15 is 0 Å². The Kier molecular flexibility index (Phi) is 1.20. The summed E-state index contributed by atoms with van der Waals surface area (Å²) in [5.74, 6) is 0.135. The van der Waals surface area contributed by atoms with Gasteiger partial charge in [-0.3, -0.25) is 9.69 Å². The number of rotatable bonds is 1. The maximum Gasteiger partial charge on any atom is 0.310 e. The molecule has 2 rings (SSSR count). The molecule has 2 aliphatic rings. The second-order valence-corrected chi connectivity index (χ2v) is 3.06. The summed E-state index contributed by atoms with van der Waals surface area (Å²) >= 11 is 0. The molecule has 0 aromatic heterocycles. The van der Waals surface area contributed by atoms with Gasteiger partial charge in [0.2, 0.25) is 0 Å². The zero-order valence-corrected chi connectivity index (χ0v) is 6.04. The lowest BCUT2D eigenvalue weighted by molar-refractivity contribution is -0.145. The van der Waals surface area contributed by atoms with Gasteiger partial charge in [0.25, 0.3) is 0 Å². The number of esters is 1. The summed E-state index contributed by atoms with van der Waals surface area (Å²) < 4.78 is 4.64. The molecule has 0 radical (unpaired) electrons. The van der Waals surface area contributed by atoms with Crippen LogP contribution in [0.4, 0.5) is 0 Å². The zero-order chi connectivity index (χ0) is 7.14. The minimum absolute atomic E-state index is 0.0350. The Balaban J connectivity index is 1.90. The van der Waals surface area contributed by atoms with E-state index in [-0.39, 0.29) is 11.9 Å². The molecule has 10 heavy (non-hydrogen) atoms. The lowest BCUT2D eigenvalue weighted by Gasteiger charge is -2.06. The molecule has 3 unspecified atom stereocenters. The van der Waals surface area contributed by atoms with Gasteiger partial charge < -0.3 is 4.74 Å². The zero-order valence-electron chi connectivity index (χ0n) is 6.04. The van der Waals surface area contributed by atoms with Crippen LogP contribution in [0.3, 0.4) is 0 Å². The lowest BCUT2D eigenvalue weighted by Crippen LogP contribution is -2.19. The van der Waals surface area contributed by atoms with E-state index < -0.39 is 0 Å². The Hall–Kier alpha value is -0.570. The first-order valence-corrected chi connectivity index (χ1v) is 3.63. The molecule has 0 N–H and O–H groups in total. The number of carbonyl (C=O) groups excluding carboxylic acids is 1. The lowest BCUT2D eigenvalue weighted by atomic mass is 10.1. The molecule has 2 heterocycles. The molecule has 0 amide bonds. The molecule has 0 aliphatic carbocycles. The third-order valence-electron chi connectivity index (χ3n) is 2.37. The van der Waals surface area contributed by atoms with Crippen molar-refractivity contribution in [1.82, 2.24) is 4.90 Å². The summed E-state index contributed by atoms with van der Waals surface area (Å²) in [6.07, 6.45) is 1.02. The first kappa shape index (κ1) is 6.16. The molecule has 3 nitrogen and oxygen atoms in total. The summed E-state index contributed by atoms with van der Waals surface area (Å²) in [5, 5.41) is 0. The highest BCUT2D eigenvalue weighted by Gasteiger charge is 2.46. The molecule has 2 aliphatic heterocycles. The van der Waals surface area contributed by atoms with Gasteiger partial charge in [0, 0.05) is 19.1 Å². The third-order valence-corrected chi connectivity index (χ3v) is 2.37. The molecule has 3 atom stereocenters. The van der Waals surface area contributed by atoms with E-state index in [1.807, 2.05) is 0 Å². The second-order valence-electron chi connectivity index (χ2n) is 3.06. The first-order chi connectivity index (χ1) is 4.81. The molecule has 0 spiro atoms. The number of piperidine rings is 1. The quantitative estimate of drug-likeness (QED) is 0.376. The molecule has 2 fully saturated rings. The normalized spacial score (nSPS) is 42.7. The van der Waals surface area contributed by atoms with Crippen LogP contribution in [-0.4, -0.2) is 37.1 Å². The van der Waals surface area contributed by atoms with E-state index in [4.69, 9.17) is 0 Å². The fourth-order valence-corrected chi connectivity index (χ4v) is 1.69. The van der Waals surface area contributed by atoms with Crippen molar-refractivity contribution in [2.45, 2.75) is 12.5 Å². The number of hydrogen-bond donors (Lipinski definition) is 0. The minimum atomic E-state index is -0.0350. The predicted octanol–water partition coefficient (Wildman–Crippen LogP) is -0.137. The number of hydrogen-bond acceptors (Lipinski definition) is 3. The smallest absolute Gasteiger partial charge is 0.310 e. The van der Waals surface area contributed by atoms with Gasteiger partial charge >= 0.3 is 5.97 Å². The molecule has 3 heteroatoms. The average molecular weight is 141 g/mol. The van der Waals surface area contributed by atoms with E-state index in [1.165, 1.54) is 13.7 Å². The molecule has 0 saturated carbocycles. The number of nitrogens with zero attached hydrogens (tertiary/aromatic N) is 1. The molecule has 0 bridgehead atoms. The highest BCUT2D eigenvalue weighted by molar-refractivity contribution is 5.73. The number of carbonyl (C=O) groups is 1. The van der Waals surface area contributed by atoms with Crippen LogP contribution in [-0.2, 0) is 9.53 Å². The Labute approximate surface area is 60.0 Å². The monoisotopic (exact) mass is 141 g/mol. The highest BCUT2D eigenvalue weighted by atomic mass is 16.5. The topological polar surface area (TPSA) is 29.3 Å². The Morgan fingerprint density at radius 2 is 2.40 bits per heavy atom. The minimum Gasteiger partial charge on any atom is -0.469 e. The van der Waals surface area contributed by atoms with E-state index in [0.717, 1.165) is 13.0 Å². The van der Waals surface area contributed by atoms with Crippen molar-refractivity contribution < 1.29 is 9.53 Å². The maximum atomic E-state index is 10.9. The van der Waals surface area contributed by atoms with Crippen LogP contribution in [0.25, 0.3) is 0 Å². The summed E-state index contributed by atoms with van der Waals surface area (Å²) in [6, 6.07) is 0.712. The van der Waals surface area contributed by atoms with Crippen molar-refractivity contribution >= 4 is 5.97 Å². The molecular weight excluding hydrogens is 130 g/mol. The van der Waals surface area contributed by atoms with Gasteiger partial charge in [-0.25, -0.2) is 0 Å². The second kappa shape index (κ2) is 1.95. The van der Waals surface area contributed by atoms with E-state index in [1.54, 1.807) is 0 Å². The van der Waals surface area contributed by atoms with Crippen LogP contribution < -0.4 is 0 Å². The van der Waals surface area contributed by atoms with Crippen LogP contribution in [0.2, 0.25) is 0 Å². The molecule has 2 saturated heterocycles. The van der Waals surface area contributed by atoms with E-state index in [0.29, 0.717) is 6.04 Å². The Bertz CT molecular complexity index is 159. The SMILES string of the molecule is COC(=O)C1CC2CN2C1. The highest BCUT2D eigenvalue weighted by Crippen LogP contribution is 2.34. The fraction of sp³-hybridized carbons (Fsp3) is 0.857. The van der Waals surface area contributed by atoms with Gasteiger partial charge in [-0.2, -0.15) is 0 Å². The fourth-order valence-electron chi connectivity index (χ4n) is 1.69. The molecule has 56 valence electrons. The van der Waals surface area contributed by atoms with Crippen LogP contribution in [0.5, 0.6) is 0 Å². The number of ether oxygens (including phenoxy) is 1. The molecular formula is C7H11NO2. The van der Waals surface area contributed by atoms with E-state index in [9.17, 15) is 4.79 Å². The predicted molar refractivity (Wildman–Crippen MR) is 35.5 cm³/mol. The Morgan fingerprint density at radius 1 is 1.60 bits per heavy atom. The Morgan fingerprint density at radius 3 is 2.90 bits per heavy atom. The standard InChI is InChI=1S/C7H11NO2/c1-10-7(9)5-2-6-4-8(6)3-5/h5-6H,2-4H2,1H3. The average Bonchev–Trinajstić information content (AvgIpc) is 2.57.